The van der Waals surface area contributed by atoms with Gasteiger partial charge in [0.1, 0.15) is 5.82 Å². The Morgan fingerprint density at radius 2 is 2.04 bits per heavy atom. The summed E-state index contributed by atoms with van der Waals surface area (Å²) in [5.41, 5.74) is 5.07. The first-order valence-corrected chi connectivity index (χ1v) is 6.99. The van der Waals surface area contributed by atoms with E-state index in [2.05, 4.69) is 10.1 Å². The van der Waals surface area contributed by atoms with E-state index in [0.717, 1.165) is 6.07 Å². The van der Waals surface area contributed by atoms with E-state index < -0.39 is 17.2 Å². The van der Waals surface area contributed by atoms with E-state index in [9.17, 15) is 14.0 Å². The first-order chi connectivity index (χ1) is 10.5. The Bertz CT molecular complexity index is 577. The molecule has 0 bridgehead atoms. The average molecular weight is 347 g/mol. The van der Waals surface area contributed by atoms with Crippen LogP contribution in [0.4, 0.5) is 10.1 Å². The minimum atomic E-state index is -0.772. The molecule has 0 spiro atoms. The molecular formula is C15H20ClFN2O4. The third kappa shape index (κ3) is 4.19. The van der Waals surface area contributed by atoms with Gasteiger partial charge in [0.2, 0.25) is 5.91 Å². The Morgan fingerprint density at radius 3 is 2.61 bits per heavy atom. The smallest absolute Gasteiger partial charge is 0.337 e. The zero-order valence-electron chi connectivity index (χ0n) is 12.8. The van der Waals surface area contributed by atoms with E-state index in [1.165, 1.54) is 19.2 Å². The van der Waals surface area contributed by atoms with E-state index in [4.69, 9.17) is 10.5 Å². The maximum atomic E-state index is 13.9. The van der Waals surface area contributed by atoms with Crippen LogP contribution >= 0.6 is 12.4 Å². The fourth-order valence-corrected chi connectivity index (χ4v) is 2.41. The minimum Gasteiger partial charge on any atom is -0.465 e. The van der Waals surface area contributed by atoms with Gasteiger partial charge in [0, 0.05) is 19.8 Å². The number of rotatable bonds is 4. The Kier molecular flexibility index (Phi) is 6.93. The average Bonchev–Trinajstić information content (AvgIpc) is 2.56. The number of halogens is 2. The number of nitrogens with two attached hydrogens (primary N) is 1. The van der Waals surface area contributed by atoms with Crippen molar-refractivity contribution in [1.82, 2.24) is 0 Å². The zero-order chi connectivity index (χ0) is 16.2. The lowest BCUT2D eigenvalue weighted by Crippen LogP contribution is -2.46. The number of carbonyl (C=O) groups is 2. The molecule has 8 heteroatoms. The molecular weight excluding hydrogens is 327 g/mol. The topological polar surface area (TPSA) is 90.7 Å². The van der Waals surface area contributed by atoms with Crippen molar-refractivity contribution in [1.29, 1.82) is 0 Å². The molecule has 1 aliphatic rings. The van der Waals surface area contributed by atoms with Gasteiger partial charge in [0.25, 0.3) is 0 Å². The highest BCUT2D eigenvalue weighted by atomic mass is 35.5. The van der Waals surface area contributed by atoms with Gasteiger partial charge in [-0.25, -0.2) is 9.18 Å². The van der Waals surface area contributed by atoms with Crippen LogP contribution in [-0.4, -0.2) is 38.7 Å². The van der Waals surface area contributed by atoms with Gasteiger partial charge >= 0.3 is 5.97 Å². The maximum Gasteiger partial charge on any atom is 0.337 e. The first kappa shape index (κ1) is 19.3. The second-order valence-electron chi connectivity index (χ2n) is 5.24. The van der Waals surface area contributed by atoms with Crippen molar-refractivity contribution in [3.8, 4) is 0 Å². The van der Waals surface area contributed by atoms with Gasteiger partial charge in [-0.05, 0) is 31.0 Å². The van der Waals surface area contributed by atoms with Crippen LogP contribution in [-0.2, 0) is 14.3 Å². The van der Waals surface area contributed by atoms with Gasteiger partial charge in [-0.1, -0.05) is 0 Å². The molecule has 6 nitrogen and oxygen atoms in total. The number of amides is 1. The molecule has 0 radical (unpaired) electrons. The molecule has 1 fully saturated rings. The maximum absolute atomic E-state index is 13.9. The molecule has 23 heavy (non-hydrogen) atoms. The summed E-state index contributed by atoms with van der Waals surface area (Å²) in [6, 6.07) is 3.66. The quantitative estimate of drug-likeness (QED) is 0.810. The highest BCUT2D eigenvalue weighted by Gasteiger charge is 2.39. The summed E-state index contributed by atoms with van der Waals surface area (Å²) in [5.74, 6) is -1.59. The molecule has 1 heterocycles. The van der Waals surface area contributed by atoms with Gasteiger partial charge in [-0.3, -0.25) is 4.79 Å². The SMILES string of the molecule is COC(=O)c1ccc(F)c(NC(=O)C2(CN)CCOCC2)c1.Cl. The van der Waals surface area contributed by atoms with Crippen LogP contribution < -0.4 is 11.1 Å². The normalized spacial score (nSPS) is 16.1. The number of anilines is 1. The Morgan fingerprint density at radius 1 is 1.39 bits per heavy atom. The van der Waals surface area contributed by atoms with E-state index in [1.54, 1.807) is 0 Å². The van der Waals surface area contributed by atoms with Gasteiger partial charge in [0.05, 0.1) is 23.8 Å². The molecule has 0 aliphatic carbocycles. The minimum absolute atomic E-state index is 0. The van der Waals surface area contributed by atoms with Crippen LogP contribution in [0, 0.1) is 11.2 Å². The number of esters is 1. The van der Waals surface area contributed by atoms with Gasteiger partial charge < -0.3 is 20.5 Å². The Balaban J connectivity index is 0.00000264. The number of nitrogens with one attached hydrogen (secondary N) is 1. The van der Waals surface area contributed by atoms with Crippen LogP contribution in [0.3, 0.4) is 0 Å². The highest BCUT2D eigenvalue weighted by Crippen LogP contribution is 2.31. The lowest BCUT2D eigenvalue weighted by molar-refractivity contribution is -0.130. The van der Waals surface area contributed by atoms with Crippen LogP contribution in [0.25, 0.3) is 0 Å². The van der Waals surface area contributed by atoms with Crippen LogP contribution in [0.2, 0.25) is 0 Å². The van der Waals surface area contributed by atoms with Crippen molar-refractivity contribution in [3.05, 3.63) is 29.6 Å². The number of carbonyl (C=O) groups excluding carboxylic acids is 2. The molecule has 0 unspecified atom stereocenters. The molecule has 1 aromatic rings. The third-order valence-corrected chi connectivity index (χ3v) is 3.96. The predicted molar refractivity (Wildman–Crippen MR) is 85.2 cm³/mol. The van der Waals surface area contributed by atoms with Crippen molar-refractivity contribution >= 4 is 30.0 Å². The lowest BCUT2D eigenvalue weighted by Gasteiger charge is -2.34. The van der Waals surface area contributed by atoms with Gasteiger partial charge in [-0.15, -0.1) is 12.4 Å². The summed E-state index contributed by atoms with van der Waals surface area (Å²) in [5, 5.41) is 2.53. The summed E-state index contributed by atoms with van der Waals surface area (Å²) in [4.78, 5) is 24.0. The predicted octanol–water partition coefficient (Wildman–Crippen LogP) is 1.73. The molecule has 3 N–H and O–H groups in total. The van der Waals surface area contributed by atoms with Crippen molar-refractivity contribution < 1.29 is 23.5 Å². The molecule has 128 valence electrons. The molecule has 1 aromatic carbocycles. The number of ether oxygens (including phenoxy) is 2. The Labute approximate surface area is 139 Å². The van der Waals surface area contributed by atoms with E-state index >= 15 is 0 Å². The number of hydrogen-bond donors (Lipinski definition) is 2. The van der Waals surface area contributed by atoms with Crippen LogP contribution in [0.1, 0.15) is 23.2 Å². The summed E-state index contributed by atoms with van der Waals surface area (Å²) in [6.07, 6.45) is 0.960. The van der Waals surface area contributed by atoms with E-state index in [-0.39, 0.29) is 36.1 Å². The van der Waals surface area contributed by atoms with Crippen molar-refractivity contribution in [2.24, 2.45) is 11.1 Å². The standard InChI is InChI=1S/C15H19FN2O4.ClH/c1-21-13(19)10-2-3-11(16)12(8-10)18-14(20)15(9-17)4-6-22-7-5-15;/h2-3,8H,4-7,9,17H2,1H3,(H,18,20);1H. The van der Waals surface area contributed by atoms with Crippen molar-refractivity contribution in [2.75, 3.05) is 32.2 Å². The molecule has 1 amide bonds. The summed E-state index contributed by atoms with van der Waals surface area (Å²) in [7, 11) is 1.23. The zero-order valence-corrected chi connectivity index (χ0v) is 13.6. The van der Waals surface area contributed by atoms with E-state index in [0.29, 0.717) is 26.1 Å². The number of methoxy groups -OCH3 is 1. The summed E-state index contributed by atoms with van der Waals surface area (Å²) >= 11 is 0. The molecule has 1 saturated heterocycles. The molecule has 1 aliphatic heterocycles. The largest absolute Gasteiger partial charge is 0.465 e. The molecule has 0 saturated carbocycles. The summed E-state index contributed by atoms with van der Waals surface area (Å²) < 4.78 is 23.7. The second kappa shape index (κ2) is 8.24. The second-order valence-corrected chi connectivity index (χ2v) is 5.24. The van der Waals surface area contributed by atoms with Crippen LogP contribution in [0.15, 0.2) is 18.2 Å². The van der Waals surface area contributed by atoms with Crippen molar-refractivity contribution in [2.45, 2.75) is 12.8 Å². The lowest BCUT2D eigenvalue weighted by atomic mass is 9.79. The monoisotopic (exact) mass is 346 g/mol. The van der Waals surface area contributed by atoms with Gasteiger partial charge in [-0.2, -0.15) is 0 Å². The molecule has 0 atom stereocenters. The first-order valence-electron chi connectivity index (χ1n) is 6.99. The van der Waals surface area contributed by atoms with Crippen LogP contribution in [0.5, 0.6) is 0 Å². The third-order valence-electron chi connectivity index (χ3n) is 3.96. The summed E-state index contributed by atoms with van der Waals surface area (Å²) in [6.45, 7) is 1.03. The highest BCUT2D eigenvalue weighted by molar-refractivity contribution is 5.97. The van der Waals surface area contributed by atoms with Gasteiger partial charge in [0.15, 0.2) is 0 Å². The fourth-order valence-electron chi connectivity index (χ4n) is 2.41. The number of benzene rings is 1. The van der Waals surface area contributed by atoms with Crippen molar-refractivity contribution in [3.63, 3.8) is 0 Å². The van der Waals surface area contributed by atoms with E-state index in [1.807, 2.05) is 0 Å². The number of hydrogen-bond acceptors (Lipinski definition) is 5. The molecule has 0 aromatic heterocycles. The molecule has 2 rings (SSSR count). The fraction of sp³-hybridized carbons (Fsp3) is 0.467. The Hall–Kier alpha value is -1.70.